The predicted octanol–water partition coefficient (Wildman–Crippen LogP) is 0.765. The van der Waals surface area contributed by atoms with Crippen molar-refractivity contribution >= 4 is 28.3 Å². The number of thiophene rings is 1. The van der Waals surface area contributed by atoms with E-state index in [4.69, 9.17) is 15.9 Å². The molecule has 0 aliphatic rings. The van der Waals surface area contributed by atoms with Gasteiger partial charge in [0.25, 0.3) is 0 Å². The van der Waals surface area contributed by atoms with Gasteiger partial charge < -0.3 is 15.9 Å². The highest BCUT2D eigenvalue weighted by atomic mass is 32.1. The monoisotopic (exact) mass is 211 g/mol. The molecule has 1 atom stereocenters. The summed E-state index contributed by atoms with van der Waals surface area (Å²) in [6.45, 7) is 0. The minimum Gasteiger partial charge on any atom is -0.438 e. The molecule has 74 valence electrons. The fraction of sp³-hybridized carbons (Fsp3) is 0.250. The maximum absolute atomic E-state index is 10.6. The molecule has 0 spiro atoms. The fourth-order valence-corrected chi connectivity index (χ4v) is 1.81. The van der Waals surface area contributed by atoms with Crippen LogP contribution in [0.5, 0.6) is 0 Å². The zero-order valence-corrected chi connectivity index (χ0v) is 8.08. The molecule has 0 aliphatic heterocycles. The summed E-state index contributed by atoms with van der Waals surface area (Å²) >= 11 is 1.51. The van der Waals surface area contributed by atoms with Gasteiger partial charge in [-0.05, 0) is 0 Å². The summed E-state index contributed by atoms with van der Waals surface area (Å²) in [7, 11) is 0. The smallest absolute Gasteiger partial charge is 0.219 e. The molecule has 2 aromatic rings. The fourth-order valence-electron chi connectivity index (χ4n) is 1.15. The number of hydrogen-bond donors (Lipinski definition) is 2. The summed E-state index contributed by atoms with van der Waals surface area (Å²) in [6.07, 6.45) is 0.0482. The second kappa shape index (κ2) is 3.39. The number of rotatable bonds is 3. The molecule has 14 heavy (non-hydrogen) atoms. The summed E-state index contributed by atoms with van der Waals surface area (Å²) < 4.78 is 5.34. The third-order valence-corrected chi connectivity index (χ3v) is 2.50. The molecule has 0 aromatic carbocycles. The number of aromatic nitrogens is 1. The highest BCUT2D eigenvalue weighted by Gasteiger charge is 2.16. The van der Waals surface area contributed by atoms with Crippen molar-refractivity contribution in [3.05, 3.63) is 16.7 Å². The molecule has 1 amide bonds. The van der Waals surface area contributed by atoms with E-state index in [0.717, 1.165) is 5.52 Å². The predicted molar refractivity (Wildman–Crippen MR) is 52.6 cm³/mol. The largest absolute Gasteiger partial charge is 0.438 e. The first-order chi connectivity index (χ1) is 6.66. The minimum atomic E-state index is -0.551. The zero-order valence-electron chi connectivity index (χ0n) is 7.27. The number of primary amides is 1. The van der Waals surface area contributed by atoms with Crippen LogP contribution in [0.3, 0.4) is 0 Å². The van der Waals surface area contributed by atoms with Crippen LogP contribution in [-0.2, 0) is 4.79 Å². The number of amides is 1. The van der Waals surface area contributed by atoms with Gasteiger partial charge in [0.1, 0.15) is 5.52 Å². The summed E-state index contributed by atoms with van der Waals surface area (Å²) in [5.41, 5.74) is 12.1. The maximum Gasteiger partial charge on any atom is 0.219 e. The SMILES string of the molecule is NC(=O)C[C@H](N)c1nc2cscc2o1. The van der Waals surface area contributed by atoms with Crippen molar-refractivity contribution in [3.63, 3.8) is 0 Å². The first kappa shape index (κ1) is 9.17. The quantitative estimate of drug-likeness (QED) is 0.783. The lowest BCUT2D eigenvalue weighted by atomic mass is 10.2. The van der Waals surface area contributed by atoms with Crippen molar-refractivity contribution < 1.29 is 9.21 Å². The Bertz CT molecular complexity index is 433. The van der Waals surface area contributed by atoms with Crippen molar-refractivity contribution in [2.75, 3.05) is 0 Å². The molecular weight excluding hydrogens is 202 g/mol. The third-order valence-electron chi connectivity index (χ3n) is 1.79. The number of carbonyl (C=O) groups excluding carboxylic acids is 1. The summed E-state index contributed by atoms with van der Waals surface area (Å²) in [6, 6.07) is -0.551. The van der Waals surface area contributed by atoms with Crippen molar-refractivity contribution in [2.45, 2.75) is 12.5 Å². The van der Waals surface area contributed by atoms with E-state index >= 15 is 0 Å². The molecule has 0 radical (unpaired) electrons. The molecule has 2 rings (SSSR count). The Labute approximate surface area is 83.7 Å². The maximum atomic E-state index is 10.6. The molecular formula is C8H9N3O2S. The molecule has 0 aliphatic carbocycles. The van der Waals surface area contributed by atoms with Crippen LogP contribution in [-0.4, -0.2) is 10.9 Å². The molecule has 0 saturated heterocycles. The van der Waals surface area contributed by atoms with E-state index in [9.17, 15) is 4.79 Å². The zero-order chi connectivity index (χ0) is 10.1. The molecule has 0 saturated carbocycles. The van der Waals surface area contributed by atoms with Crippen LogP contribution in [0.15, 0.2) is 15.2 Å². The Hall–Kier alpha value is -1.40. The van der Waals surface area contributed by atoms with Crippen LogP contribution in [0.4, 0.5) is 0 Å². The second-order valence-electron chi connectivity index (χ2n) is 2.95. The lowest BCUT2D eigenvalue weighted by molar-refractivity contribution is -0.118. The van der Waals surface area contributed by atoms with Gasteiger partial charge >= 0.3 is 0 Å². The molecule has 0 unspecified atom stereocenters. The molecule has 0 fully saturated rings. The minimum absolute atomic E-state index is 0.0482. The van der Waals surface area contributed by atoms with Gasteiger partial charge in [0.2, 0.25) is 11.8 Å². The van der Waals surface area contributed by atoms with Crippen LogP contribution in [0.2, 0.25) is 0 Å². The van der Waals surface area contributed by atoms with Crippen molar-refractivity contribution in [1.29, 1.82) is 0 Å². The van der Waals surface area contributed by atoms with E-state index in [1.165, 1.54) is 11.3 Å². The van der Waals surface area contributed by atoms with Crippen LogP contribution in [0, 0.1) is 0 Å². The van der Waals surface area contributed by atoms with Gasteiger partial charge in [-0.1, -0.05) is 0 Å². The lowest BCUT2D eigenvalue weighted by Crippen LogP contribution is -2.20. The molecule has 5 nitrogen and oxygen atoms in total. The molecule has 6 heteroatoms. The Kier molecular flexibility index (Phi) is 2.22. The highest BCUT2D eigenvalue weighted by molar-refractivity contribution is 7.09. The molecule has 4 N–H and O–H groups in total. The van der Waals surface area contributed by atoms with Crippen LogP contribution >= 0.6 is 11.3 Å². The highest BCUT2D eigenvalue weighted by Crippen LogP contribution is 2.23. The average Bonchev–Trinajstić information content (AvgIpc) is 2.58. The van der Waals surface area contributed by atoms with Crippen molar-refractivity contribution in [3.8, 4) is 0 Å². The lowest BCUT2D eigenvalue weighted by Gasteiger charge is -2.02. The number of oxazole rings is 1. The molecule has 2 heterocycles. The Morgan fingerprint density at radius 3 is 3.07 bits per heavy atom. The average molecular weight is 211 g/mol. The van der Waals surface area contributed by atoms with Crippen molar-refractivity contribution in [2.24, 2.45) is 11.5 Å². The van der Waals surface area contributed by atoms with Crippen LogP contribution in [0.1, 0.15) is 18.4 Å². The van der Waals surface area contributed by atoms with Gasteiger partial charge in [0.05, 0.1) is 12.5 Å². The standard InChI is InChI=1S/C8H9N3O2S/c9-4(1-7(10)12)8-11-5-2-14-3-6(5)13-8/h2-4H,1,9H2,(H2,10,12)/t4-/m0/s1. The van der Waals surface area contributed by atoms with Gasteiger partial charge in [0.15, 0.2) is 5.58 Å². The topological polar surface area (TPSA) is 95.1 Å². The van der Waals surface area contributed by atoms with Crippen LogP contribution < -0.4 is 11.5 Å². The molecule has 2 aromatic heterocycles. The summed E-state index contributed by atoms with van der Waals surface area (Å²) in [4.78, 5) is 14.7. The van der Waals surface area contributed by atoms with Crippen LogP contribution in [0.25, 0.3) is 11.1 Å². The van der Waals surface area contributed by atoms with E-state index < -0.39 is 11.9 Å². The first-order valence-electron chi connectivity index (χ1n) is 4.03. The number of nitrogens with two attached hydrogens (primary N) is 2. The van der Waals surface area contributed by atoms with E-state index in [-0.39, 0.29) is 6.42 Å². The second-order valence-corrected chi connectivity index (χ2v) is 3.69. The van der Waals surface area contributed by atoms with E-state index in [2.05, 4.69) is 4.98 Å². The first-order valence-corrected chi connectivity index (χ1v) is 4.97. The molecule has 0 bridgehead atoms. The van der Waals surface area contributed by atoms with Gasteiger partial charge in [-0.3, -0.25) is 4.79 Å². The van der Waals surface area contributed by atoms with Crippen molar-refractivity contribution in [1.82, 2.24) is 4.98 Å². The van der Waals surface area contributed by atoms with Gasteiger partial charge in [-0.25, -0.2) is 4.98 Å². The normalized spacial score (nSPS) is 13.2. The van der Waals surface area contributed by atoms with Gasteiger partial charge in [-0.2, -0.15) is 0 Å². The number of hydrogen-bond acceptors (Lipinski definition) is 5. The van der Waals surface area contributed by atoms with Gasteiger partial charge in [0, 0.05) is 10.8 Å². The van der Waals surface area contributed by atoms with E-state index in [1.807, 2.05) is 10.8 Å². The number of carbonyl (C=O) groups is 1. The Morgan fingerprint density at radius 1 is 1.64 bits per heavy atom. The van der Waals surface area contributed by atoms with E-state index in [1.54, 1.807) is 0 Å². The van der Waals surface area contributed by atoms with E-state index in [0.29, 0.717) is 11.5 Å². The third kappa shape index (κ3) is 1.61. The summed E-state index contributed by atoms with van der Waals surface area (Å²) in [5, 5.41) is 3.70. The Balaban J connectivity index is 2.25. The number of fused-ring (bicyclic) bond motifs is 1. The van der Waals surface area contributed by atoms with Gasteiger partial charge in [-0.15, -0.1) is 11.3 Å². The Morgan fingerprint density at radius 2 is 2.43 bits per heavy atom. The number of nitrogens with zero attached hydrogens (tertiary/aromatic N) is 1. The summed E-state index contributed by atoms with van der Waals surface area (Å²) in [5.74, 6) is -0.0974.